The van der Waals surface area contributed by atoms with Crippen LogP contribution in [-0.2, 0) is 35.8 Å². The predicted molar refractivity (Wildman–Crippen MR) is 166 cm³/mol. The highest BCUT2D eigenvalue weighted by Gasteiger charge is 2.38. The zero-order chi connectivity index (χ0) is 35.3. The van der Waals surface area contributed by atoms with Gasteiger partial charge in [-0.3, -0.25) is 4.79 Å². The number of amides is 1. The van der Waals surface area contributed by atoms with Crippen molar-refractivity contribution < 1.29 is 45.4 Å². The summed E-state index contributed by atoms with van der Waals surface area (Å²) in [5.41, 5.74) is -2.50. The van der Waals surface area contributed by atoms with Gasteiger partial charge < -0.3 is 23.8 Å². The Morgan fingerprint density at radius 1 is 1.06 bits per heavy atom. The molecule has 48 heavy (non-hydrogen) atoms. The quantitative estimate of drug-likeness (QED) is 0.103. The van der Waals surface area contributed by atoms with Crippen molar-refractivity contribution in [3.63, 3.8) is 0 Å². The Hall–Kier alpha value is -5.11. The Morgan fingerprint density at radius 3 is 2.31 bits per heavy atom. The largest absolute Gasteiger partial charge is 0.444 e. The van der Waals surface area contributed by atoms with E-state index in [0.717, 1.165) is 6.07 Å². The van der Waals surface area contributed by atoms with Gasteiger partial charge in [0.2, 0.25) is 5.78 Å². The number of methoxy groups -OCH3 is 1. The molecule has 3 heterocycles. The Balaban J connectivity index is 1.83. The summed E-state index contributed by atoms with van der Waals surface area (Å²) in [6.45, 7) is 8.19. The third-order valence-electron chi connectivity index (χ3n) is 7.54. The number of alkyl halides is 3. The smallest absolute Gasteiger partial charge is 0.417 e. The topological polar surface area (TPSA) is 86.9 Å². The zero-order valence-corrected chi connectivity index (χ0v) is 26.5. The van der Waals surface area contributed by atoms with Crippen molar-refractivity contribution in [2.45, 2.75) is 45.7 Å². The molecular formula is C34H30F6N4O4. The monoisotopic (exact) mass is 672 g/mol. The number of ketones is 1. The van der Waals surface area contributed by atoms with Gasteiger partial charge in [-0.2, -0.15) is 13.2 Å². The number of aromatic nitrogens is 3. The molecule has 2 aromatic carbocycles. The van der Waals surface area contributed by atoms with E-state index in [1.165, 1.54) is 53.6 Å². The first kappa shape index (κ1) is 34.2. The van der Waals surface area contributed by atoms with Crippen molar-refractivity contribution in [3.05, 3.63) is 100 Å². The summed E-state index contributed by atoms with van der Waals surface area (Å²) in [5, 5.41) is 2.54. The number of nitrogens with one attached hydrogen (secondary N) is 1. The lowest BCUT2D eigenvalue weighted by Gasteiger charge is -2.22. The minimum absolute atomic E-state index is 0.0106. The maximum atomic E-state index is 15.0. The van der Waals surface area contributed by atoms with Gasteiger partial charge in [-0.1, -0.05) is 18.7 Å². The second-order valence-corrected chi connectivity index (χ2v) is 11.9. The molecule has 0 radical (unpaired) electrons. The average Bonchev–Trinajstić information content (AvgIpc) is 3.54. The van der Waals surface area contributed by atoms with Gasteiger partial charge in [0, 0.05) is 54.7 Å². The van der Waals surface area contributed by atoms with Gasteiger partial charge >= 0.3 is 12.3 Å². The number of hydrogen-bond donors (Lipinski definition) is 1. The molecule has 1 amide bonds. The van der Waals surface area contributed by atoms with E-state index in [4.69, 9.17) is 9.47 Å². The highest BCUT2D eigenvalue weighted by molar-refractivity contribution is 6.10. The number of ether oxygens (including phenoxy) is 2. The predicted octanol–water partition coefficient (Wildman–Crippen LogP) is 7.97. The van der Waals surface area contributed by atoms with Crippen LogP contribution in [0.3, 0.4) is 0 Å². The fourth-order valence-corrected chi connectivity index (χ4v) is 5.53. The second kappa shape index (κ2) is 12.5. The molecule has 0 atom stereocenters. The molecule has 5 aromatic rings. The average molecular weight is 673 g/mol. The lowest BCUT2D eigenvalue weighted by atomic mass is 9.91. The molecule has 252 valence electrons. The number of nitrogens with zero attached hydrogens (tertiary/aromatic N) is 3. The van der Waals surface area contributed by atoms with Gasteiger partial charge in [-0.15, -0.1) is 0 Å². The molecule has 1 N–H and O–H groups in total. The third-order valence-corrected chi connectivity index (χ3v) is 7.54. The summed E-state index contributed by atoms with van der Waals surface area (Å²) in [5.74, 6) is -5.54. The number of pyridine rings is 1. The summed E-state index contributed by atoms with van der Waals surface area (Å²) in [7, 11) is 2.95. The van der Waals surface area contributed by atoms with Crippen molar-refractivity contribution in [1.29, 1.82) is 0 Å². The van der Waals surface area contributed by atoms with Crippen LogP contribution in [0.1, 0.15) is 59.3 Å². The van der Waals surface area contributed by atoms with E-state index in [1.54, 1.807) is 20.8 Å². The van der Waals surface area contributed by atoms with Crippen LogP contribution in [-0.4, -0.2) is 38.5 Å². The number of halogens is 6. The van der Waals surface area contributed by atoms with Crippen molar-refractivity contribution in [3.8, 4) is 11.1 Å². The standard InChI is InChI=1S/C34H30F6N4O4/c1-7-17-13-25(31(45)18-11-22(35)28(37)23(36)12-18)44-10-8-9-19(30(17)44)27-20(15-41-32(46)48-33(2,3)4)29-24(14-21(27)34(38,39)40)43(5)26(42-29)16-47-6/h7-14H,1,15-16H2,2-6H3,(H,41,46). The maximum absolute atomic E-state index is 15.0. The van der Waals surface area contributed by atoms with Crippen LogP contribution in [0, 0.1) is 17.5 Å². The van der Waals surface area contributed by atoms with Gasteiger partial charge in [0.05, 0.1) is 27.8 Å². The van der Waals surface area contributed by atoms with E-state index < -0.39 is 58.8 Å². The molecule has 0 aliphatic heterocycles. The summed E-state index contributed by atoms with van der Waals surface area (Å²) in [6, 6.07) is 6.11. The summed E-state index contributed by atoms with van der Waals surface area (Å²) in [4.78, 5) is 30.9. The number of carbonyl (C=O) groups excluding carboxylic acids is 2. The van der Waals surface area contributed by atoms with Crippen molar-refractivity contribution in [2.24, 2.45) is 7.05 Å². The van der Waals surface area contributed by atoms with Gasteiger partial charge in [0.15, 0.2) is 17.5 Å². The van der Waals surface area contributed by atoms with E-state index in [0.29, 0.717) is 18.0 Å². The van der Waals surface area contributed by atoms with Crippen molar-refractivity contribution in [2.75, 3.05) is 7.11 Å². The van der Waals surface area contributed by atoms with Crippen LogP contribution < -0.4 is 5.32 Å². The molecule has 0 unspecified atom stereocenters. The van der Waals surface area contributed by atoms with Crippen LogP contribution >= 0.6 is 0 Å². The Kier molecular flexibility index (Phi) is 8.91. The summed E-state index contributed by atoms with van der Waals surface area (Å²) < 4.78 is 100. The molecule has 8 nitrogen and oxygen atoms in total. The van der Waals surface area contributed by atoms with Crippen LogP contribution in [0.4, 0.5) is 31.1 Å². The molecule has 0 saturated carbocycles. The van der Waals surface area contributed by atoms with Crippen molar-refractivity contribution >= 4 is 34.5 Å². The number of imidazole rings is 1. The van der Waals surface area contributed by atoms with Crippen LogP contribution in [0.15, 0.2) is 49.2 Å². The van der Waals surface area contributed by atoms with E-state index in [9.17, 15) is 22.8 Å². The Labute approximate surface area is 270 Å². The molecule has 3 aromatic heterocycles. The van der Waals surface area contributed by atoms with Gasteiger partial charge in [-0.25, -0.2) is 22.9 Å². The van der Waals surface area contributed by atoms with Gasteiger partial charge in [0.1, 0.15) is 18.0 Å². The molecule has 14 heteroatoms. The minimum atomic E-state index is -4.93. The van der Waals surface area contributed by atoms with Gasteiger partial charge in [0.25, 0.3) is 0 Å². The molecule has 0 saturated heterocycles. The molecule has 0 fully saturated rings. The molecule has 0 bridgehead atoms. The van der Waals surface area contributed by atoms with Crippen LogP contribution in [0.25, 0.3) is 33.8 Å². The zero-order valence-electron chi connectivity index (χ0n) is 26.5. The fraction of sp³-hybridized carbons (Fsp3) is 0.265. The lowest BCUT2D eigenvalue weighted by molar-refractivity contribution is -0.137. The number of fused-ring (bicyclic) bond motifs is 2. The van der Waals surface area contributed by atoms with Gasteiger partial charge in [-0.05, 0) is 51.1 Å². The van der Waals surface area contributed by atoms with E-state index >= 15 is 13.2 Å². The summed E-state index contributed by atoms with van der Waals surface area (Å²) in [6.07, 6.45) is -3.11. The Morgan fingerprint density at radius 2 is 1.73 bits per heavy atom. The van der Waals surface area contributed by atoms with E-state index in [1.807, 2.05) is 0 Å². The first-order valence-electron chi connectivity index (χ1n) is 14.5. The fourth-order valence-electron chi connectivity index (χ4n) is 5.53. The third kappa shape index (κ3) is 6.27. The molecule has 0 spiro atoms. The normalized spacial score (nSPS) is 12.1. The second-order valence-electron chi connectivity index (χ2n) is 11.9. The number of aryl methyl sites for hydroxylation is 1. The first-order valence-corrected chi connectivity index (χ1v) is 14.5. The number of benzene rings is 2. The lowest BCUT2D eigenvalue weighted by Crippen LogP contribution is -2.32. The molecule has 0 aliphatic carbocycles. The maximum Gasteiger partial charge on any atom is 0.417 e. The first-order chi connectivity index (χ1) is 22.5. The van der Waals surface area contributed by atoms with E-state index in [-0.39, 0.29) is 51.1 Å². The number of alkyl carbamates (subject to hydrolysis) is 1. The van der Waals surface area contributed by atoms with Crippen LogP contribution in [0.5, 0.6) is 0 Å². The highest BCUT2D eigenvalue weighted by Crippen LogP contribution is 2.45. The molecular weight excluding hydrogens is 642 g/mol. The van der Waals surface area contributed by atoms with E-state index in [2.05, 4.69) is 16.9 Å². The SMILES string of the molecule is C=Cc1cc(C(=O)c2cc(F)c(F)c(F)c2)n2cccc(-c3c(C(F)(F)F)cc4c(nc(COC)n4C)c3CNC(=O)OC(C)(C)C)c12. The number of rotatable bonds is 8. The number of hydrogen-bond acceptors (Lipinski definition) is 5. The highest BCUT2D eigenvalue weighted by atomic mass is 19.4. The Bertz CT molecular complexity index is 2080. The van der Waals surface area contributed by atoms with Crippen LogP contribution in [0.2, 0.25) is 0 Å². The molecule has 5 rings (SSSR count). The summed E-state index contributed by atoms with van der Waals surface area (Å²) >= 11 is 0. The van der Waals surface area contributed by atoms with Crippen molar-refractivity contribution in [1.82, 2.24) is 19.3 Å². The molecule has 0 aliphatic rings. The minimum Gasteiger partial charge on any atom is -0.444 e. The number of carbonyl (C=O) groups is 2.